The predicted molar refractivity (Wildman–Crippen MR) is 78.4 cm³/mol. The Labute approximate surface area is 125 Å². The van der Waals surface area contributed by atoms with Gasteiger partial charge >= 0.3 is 0 Å². The van der Waals surface area contributed by atoms with Gasteiger partial charge in [0.05, 0.1) is 33.9 Å². The van der Waals surface area contributed by atoms with Crippen LogP contribution in [0.3, 0.4) is 0 Å². The molecule has 1 heterocycles. The molecule has 0 spiro atoms. The van der Waals surface area contributed by atoms with E-state index < -0.39 is 0 Å². The van der Waals surface area contributed by atoms with Crippen molar-refractivity contribution in [2.45, 2.75) is 6.42 Å². The van der Waals surface area contributed by atoms with Crippen LogP contribution in [0.15, 0.2) is 24.4 Å². The lowest BCUT2D eigenvalue weighted by atomic mass is 10.0. The minimum atomic E-state index is 0.199. The van der Waals surface area contributed by atoms with E-state index in [1.807, 2.05) is 6.07 Å². The number of benzene rings is 1. The predicted octanol–water partition coefficient (Wildman–Crippen LogP) is 4.36. The molecular formula is C13H8Cl3N3. The molecule has 19 heavy (non-hydrogen) atoms. The first kappa shape index (κ1) is 14.0. The molecule has 0 saturated carbocycles. The summed E-state index contributed by atoms with van der Waals surface area (Å²) in [6.07, 6.45) is 1.77. The minimum Gasteiger partial charge on any atom is -0.397 e. The standard InChI is InChI=1S/C13H8Cl3N3/c14-8-5-9(15)11(10(16)6-8)13-12(18)7(1-3-17)2-4-19-13/h2,4-6H,1,18H2. The number of hydrogen-bond acceptors (Lipinski definition) is 3. The fourth-order valence-electron chi connectivity index (χ4n) is 1.72. The average molecular weight is 313 g/mol. The van der Waals surface area contributed by atoms with Crippen LogP contribution in [-0.4, -0.2) is 4.98 Å². The Morgan fingerprint density at radius 1 is 1.21 bits per heavy atom. The molecule has 0 bridgehead atoms. The maximum Gasteiger partial charge on any atom is 0.0964 e. The lowest BCUT2D eigenvalue weighted by molar-refractivity contribution is 1.22. The number of hydrogen-bond donors (Lipinski definition) is 1. The summed E-state index contributed by atoms with van der Waals surface area (Å²) < 4.78 is 0. The van der Waals surface area contributed by atoms with Crippen molar-refractivity contribution in [2.75, 3.05) is 5.73 Å². The van der Waals surface area contributed by atoms with Gasteiger partial charge < -0.3 is 5.73 Å². The molecule has 2 aromatic rings. The highest BCUT2D eigenvalue weighted by Crippen LogP contribution is 2.39. The fraction of sp³-hybridized carbons (Fsp3) is 0.0769. The van der Waals surface area contributed by atoms with Gasteiger partial charge in [0.2, 0.25) is 0 Å². The van der Waals surface area contributed by atoms with Crippen LogP contribution in [0.5, 0.6) is 0 Å². The largest absolute Gasteiger partial charge is 0.397 e. The number of rotatable bonds is 2. The second kappa shape index (κ2) is 5.66. The first-order valence-corrected chi connectivity index (χ1v) is 6.43. The highest BCUT2D eigenvalue weighted by molar-refractivity contribution is 6.41. The molecule has 1 aromatic heterocycles. The number of nitrogens with zero attached hydrogens (tertiary/aromatic N) is 2. The van der Waals surface area contributed by atoms with E-state index in [0.29, 0.717) is 37.6 Å². The summed E-state index contributed by atoms with van der Waals surface area (Å²) in [7, 11) is 0. The normalized spacial score (nSPS) is 10.2. The van der Waals surface area contributed by atoms with Gasteiger partial charge in [-0.25, -0.2) is 0 Å². The van der Waals surface area contributed by atoms with E-state index in [1.165, 1.54) is 0 Å². The van der Waals surface area contributed by atoms with Crippen LogP contribution in [0.1, 0.15) is 5.56 Å². The molecule has 0 atom stereocenters. The molecule has 0 fully saturated rings. The molecular weight excluding hydrogens is 305 g/mol. The van der Waals surface area contributed by atoms with Crippen molar-refractivity contribution >= 4 is 40.5 Å². The van der Waals surface area contributed by atoms with Gasteiger partial charge in [-0.2, -0.15) is 5.26 Å². The van der Waals surface area contributed by atoms with Crippen molar-refractivity contribution in [2.24, 2.45) is 0 Å². The van der Waals surface area contributed by atoms with Gasteiger partial charge in [-0.1, -0.05) is 34.8 Å². The maximum atomic E-state index is 8.76. The molecule has 0 saturated heterocycles. The third-order valence-corrected chi connectivity index (χ3v) is 3.41. The molecule has 0 radical (unpaired) electrons. The van der Waals surface area contributed by atoms with Gasteiger partial charge in [0.15, 0.2) is 0 Å². The first-order chi connectivity index (χ1) is 9.04. The molecule has 0 aliphatic heterocycles. The van der Waals surface area contributed by atoms with Gasteiger partial charge in [0.1, 0.15) is 0 Å². The monoisotopic (exact) mass is 311 g/mol. The van der Waals surface area contributed by atoms with Crippen LogP contribution in [0, 0.1) is 11.3 Å². The van der Waals surface area contributed by atoms with Crippen molar-refractivity contribution in [3.63, 3.8) is 0 Å². The lowest BCUT2D eigenvalue weighted by Gasteiger charge is -2.11. The molecule has 96 valence electrons. The van der Waals surface area contributed by atoms with E-state index in [2.05, 4.69) is 4.98 Å². The summed E-state index contributed by atoms with van der Waals surface area (Å²) in [5.74, 6) is 0. The molecule has 0 amide bonds. The van der Waals surface area contributed by atoms with Crippen LogP contribution in [0.4, 0.5) is 5.69 Å². The van der Waals surface area contributed by atoms with E-state index in [1.54, 1.807) is 24.4 Å². The maximum absolute atomic E-state index is 8.76. The number of nitrogens with two attached hydrogens (primary N) is 1. The van der Waals surface area contributed by atoms with Gasteiger partial charge in [-0.05, 0) is 23.8 Å². The van der Waals surface area contributed by atoms with Crippen molar-refractivity contribution < 1.29 is 0 Å². The number of halogens is 3. The minimum absolute atomic E-state index is 0.199. The van der Waals surface area contributed by atoms with Crippen molar-refractivity contribution in [3.05, 3.63) is 45.0 Å². The number of aromatic nitrogens is 1. The zero-order valence-corrected chi connectivity index (χ0v) is 11.9. The second-order valence-corrected chi connectivity index (χ2v) is 5.06. The Balaban J connectivity index is 2.67. The van der Waals surface area contributed by atoms with E-state index >= 15 is 0 Å². The highest BCUT2D eigenvalue weighted by Gasteiger charge is 2.16. The zero-order chi connectivity index (χ0) is 14.0. The summed E-state index contributed by atoms with van der Waals surface area (Å²) >= 11 is 18.1. The Morgan fingerprint density at radius 2 is 1.84 bits per heavy atom. The molecule has 2 N–H and O–H groups in total. The van der Waals surface area contributed by atoms with E-state index in [-0.39, 0.29) is 6.42 Å². The van der Waals surface area contributed by atoms with Crippen molar-refractivity contribution in [3.8, 4) is 17.3 Å². The van der Waals surface area contributed by atoms with Crippen LogP contribution >= 0.6 is 34.8 Å². The summed E-state index contributed by atoms with van der Waals surface area (Å²) in [5, 5.41) is 9.92. The van der Waals surface area contributed by atoms with Crippen LogP contribution in [-0.2, 0) is 6.42 Å². The molecule has 6 heteroatoms. The van der Waals surface area contributed by atoms with Crippen LogP contribution in [0.2, 0.25) is 15.1 Å². The van der Waals surface area contributed by atoms with E-state index in [4.69, 9.17) is 45.8 Å². The quantitative estimate of drug-likeness (QED) is 0.896. The van der Waals surface area contributed by atoms with Crippen LogP contribution < -0.4 is 5.73 Å². The van der Waals surface area contributed by atoms with Crippen molar-refractivity contribution in [1.29, 1.82) is 5.26 Å². The van der Waals surface area contributed by atoms with Gasteiger partial charge in [0.25, 0.3) is 0 Å². The summed E-state index contributed by atoms with van der Waals surface area (Å²) in [4.78, 5) is 4.20. The smallest absolute Gasteiger partial charge is 0.0964 e. The Hall–Kier alpha value is -1.47. The van der Waals surface area contributed by atoms with Gasteiger partial charge in [-0.15, -0.1) is 0 Å². The van der Waals surface area contributed by atoms with Gasteiger partial charge in [-0.3, -0.25) is 4.98 Å². The molecule has 3 nitrogen and oxygen atoms in total. The first-order valence-electron chi connectivity index (χ1n) is 5.29. The molecule has 1 aromatic carbocycles. The van der Waals surface area contributed by atoms with E-state index in [0.717, 1.165) is 0 Å². The fourth-order valence-corrected chi connectivity index (χ4v) is 2.72. The third-order valence-electron chi connectivity index (χ3n) is 2.59. The average Bonchev–Trinajstić information content (AvgIpc) is 2.32. The Morgan fingerprint density at radius 3 is 2.42 bits per heavy atom. The van der Waals surface area contributed by atoms with E-state index in [9.17, 15) is 0 Å². The molecule has 0 aliphatic carbocycles. The lowest BCUT2D eigenvalue weighted by Crippen LogP contribution is -1.99. The Kier molecular flexibility index (Phi) is 4.16. The molecule has 2 rings (SSSR count). The number of anilines is 1. The molecule has 0 aliphatic rings. The Bertz CT molecular complexity index is 654. The summed E-state index contributed by atoms with van der Waals surface area (Å²) in [6, 6.07) is 6.88. The second-order valence-electron chi connectivity index (χ2n) is 3.81. The van der Waals surface area contributed by atoms with Crippen LogP contribution in [0.25, 0.3) is 11.3 Å². The highest BCUT2D eigenvalue weighted by atomic mass is 35.5. The van der Waals surface area contributed by atoms with Crippen molar-refractivity contribution in [1.82, 2.24) is 4.98 Å². The van der Waals surface area contributed by atoms with Gasteiger partial charge in [0, 0.05) is 16.8 Å². The molecule has 0 unspecified atom stereocenters. The number of pyridine rings is 1. The third kappa shape index (κ3) is 2.76. The zero-order valence-electron chi connectivity index (χ0n) is 9.62. The summed E-state index contributed by atoms with van der Waals surface area (Å²) in [6.45, 7) is 0. The number of nitriles is 1. The number of nitrogen functional groups attached to an aromatic ring is 1. The summed E-state index contributed by atoms with van der Waals surface area (Å²) in [5.41, 5.74) is 8.08. The SMILES string of the molecule is N#CCc1ccnc(-c2c(Cl)cc(Cl)cc2Cl)c1N. The topological polar surface area (TPSA) is 62.7 Å².